The molecule has 28 heavy (non-hydrogen) atoms. The van der Waals surface area contributed by atoms with E-state index in [-0.39, 0.29) is 23.8 Å². The molecule has 3 aliphatic rings. The number of urea groups is 1. The number of benzene rings is 1. The zero-order chi connectivity index (χ0) is 19.1. The van der Waals surface area contributed by atoms with Gasteiger partial charge in [0.05, 0.1) is 12.6 Å². The van der Waals surface area contributed by atoms with Gasteiger partial charge < -0.3 is 10.2 Å². The molecule has 2 atom stereocenters. The van der Waals surface area contributed by atoms with Gasteiger partial charge in [-0.3, -0.25) is 4.57 Å². The summed E-state index contributed by atoms with van der Waals surface area (Å²) in [4.78, 5) is 27.9. The molecule has 0 spiro atoms. The van der Waals surface area contributed by atoms with Crippen LogP contribution in [0.3, 0.4) is 0 Å². The van der Waals surface area contributed by atoms with Gasteiger partial charge in [-0.1, -0.05) is 43.2 Å². The van der Waals surface area contributed by atoms with Crippen LogP contribution in [0.1, 0.15) is 49.9 Å². The van der Waals surface area contributed by atoms with E-state index in [2.05, 4.69) is 10.4 Å². The predicted octanol–water partition coefficient (Wildman–Crippen LogP) is 2.13. The summed E-state index contributed by atoms with van der Waals surface area (Å²) in [6.45, 7) is 1.04. The molecule has 2 aromatic rings. The van der Waals surface area contributed by atoms with Gasteiger partial charge in [-0.05, 0) is 31.2 Å². The third-order valence-corrected chi connectivity index (χ3v) is 6.52. The minimum absolute atomic E-state index is 0.0507. The highest BCUT2D eigenvalue weighted by Crippen LogP contribution is 2.31. The lowest BCUT2D eigenvalue weighted by Gasteiger charge is -2.29. The van der Waals surface area contributed by atoms with E-state index >= 15 is 0 Å². The molecule has 2 aliphatic heterocycles. The maximum Gasteiger partial charge on any atom is 0.346 e. The molecule has 2 unspecified atom stereocenters. The van der Waals surface area contributed by atoms with Crippen molar-refractivity contribution in [2.24, 2.45) is 0 Å². The minimum Gasteiger partial charge on any atom is -0.335 e. The Morgan fingerprint density at radius 1 is 1.07 bits per heavy atom. The molecule has 2 bridgehead atoms. The highest BCUT2D eigenvalue weighted by atomic mass is 16.2. The predicted molar refractivity (Wildman–Crippen MR) is 105 cm³/mol. The Balaban J connectivity index is 1.36. The summed E-state index contributed by atoms with van der Waals surface area (Å²) in [7, 11) is 0. The quantitative estimate of drug-likeness (QED) is 0.885. The van der Waals surface area contributed by atoms with Crippen molar-refractivity contribution in [2.45, 2.75) is 76.2 Å². The first-order valence-corrected chi connectivity index (χ1v) is 10.5. The van der Waals surface area contributed by atoms with E-state index in [1.807, 2.05) is 35.2 Å². The number of hydrogen-bond donors (Lipinski definition) is 1. The van der Waals surface area contributed by atoms with Gasteiger partial charge in [0.25, 0.3) is 0 Å². The summed E-state index contributed by atoms with van der Waals surface area (Å²) in [6, 6.07) is 10.5. The molecule has 5 rings (SSSR count). The van der Waals surface area contributed by atoms with Crippen LogP contribution in [0.4, 0.5) is 4.79 Å². The Kier molecular flexibility index (Phi) is 4.45. The minimum atomic E-state index is -0.0671. The van der Waals surface area contributed by atoms with Gasteiger partial charge in [0.2, 0.25) is 0 Å². The molecule has 3 heterocycles. The highest BCUT2D eigenvalue weighted by molar-refractivity contribution is 5.75. The first-order valence-electron chi connectivity index (χ1n) is 10.5. The first kappa shape index (κ1) is 17.5. The number of nitrogens with one attached hydrogen (secondary N) is 1. The van der Waals surface area contributed by atoms with Crippen LogP contribution in [0.25, 0.3) is 0 Å². The molecular weight excluding hydrogens is 354 g/mol. The molecule has 7 heteroatoms. The maximum atomic E-state index is 12.9. The number of carbonyl (C=O) groups is 1. The summed E-state index contributed by atoms with van der Waals surface area (Å²) in [5.74, 6) is 0.812. The van der Waals surface area contributed by atoms with Crippen molar-refractivity contribution in [3.05, 3.63) is 52.2 Å². The van der Waals surface area contributed by atoms with Crippen molar-refractivity contribution in [3.8, 4) is 0 Å². The molecule has 0 radical (unpaired) electrons. The smallest absolute Gasteiger partial charge is 0.335 e. The second kappa shape index (κ2) is 7.11. The summed E-state index contributed by atoms with van der Waals surface area (Å²) < 4.78 is 3.36. The van der Waals surface area contributed by atoms with Crippen LogP contribution in [0.2, 0.25) is 0 Å². The normalized spacial score (nSPS) is 24.2. The number of carbonyl (C=O) groups excluding carboxylic acids is 1. The van der Waals surface area contributed by atoms with Crippen LogP contribution in [-0.4, -0.2) is 43.4 Å². The van der Waals surface area contributed by atoms with E-state index in [0.717, 1.165) is 37.1 Å². The van der Waals surface area contributed by atoms with Gasteiger partial charge >= 0.3 is 11.7 Å². The Labute approximate surface area is 164 Å². The standard InChI is InChI=1S/C21H27N5O2/c27-20(22-16-8-4-5-9-16)26-17-10-11-18(26)14-24-19(12-17)23-25(21(24)28)13-15-6-2-1-3-7-15/h1-3,6-7,16-18H,4-5,8-14H2,(H,22,27). The van der Waals surface area contributed by atoms with Crippen molar-refractivity contribution in [1.29, 1.82) is 0 Å². The Morgan fingerprint density at radius 3 is 2.61 bits per heavy atom. The zero-order valence-corrected chi connectivity index (χ0v) is 16.1. The average molecular weight is 381 g/mol. The molecule has 1 aromatic heterocycles. The summed E-state index contributed by atoms with van der Waals surface area (Å²) >= 11 is 0. The number of nitrogens with zero attached hydrogens (tertiary/aromatic N) is 4. The van der Waals surface area contributed by atoms with Gasteiger partial charge in [-0.2, -0.15) is 5.10 Å². The van der Waals surface area contributed by atoms with Gasteiger partial charge in [0.1, 0.15) is 5.82 Å². The Bertz CT molecular complexity index is 913. The maximum absolute atomic E-state index is 12.9. The van der Waals surface area contributed by atoms with Crippen LogP contribution >= 0.6 is 0 Å². The van der Waals surface area contributed by atoms with Crippen molar-refractivity contribution < 1.29 is 4.79 Å². The van der Waals surface area contributed by atoms with Crippen LogP contribution in [0.15, 0.2) is 35.1 Å². The molecular formula is C21H27N5O2. The summed E-state index contributed by atoms with van der Waals surface area (Å²) in [5, 5.41) is 7.86. The number of aromatic nitrogens is 3. The number of amides is 2. The lowest BCUT2D eigenvalue weighted by Crippen LogP contribution is -2.50. The lowest BCUT2D eigenvalue weighted by atomic mass is 10.1. The van der Waals surface area contributed by atoms with Gasteiger partial charge in [-0.15, -0.1) is 0 Å². The van der Waals surface area contributed by atoms with Crippen molar-refractivity contribution >= 4 is 6.03 Å². The zero-order valence-electron chi connectivity index (χ0n) is 16.1. The van der Waals surface area contributed by atoms with Crippen LogP contribution in [0, 0.1) is 0 Å². The molecule has 2 fully saturated rings. The molecule has 1 aliphatic carbocycles. The van der Waals surface area contributed by atoms with E-state index in [9.17, 15) is 9.59 Å². The van der Waals surface area contributed by atoms with Crippen LogP contribution < -0.4 is 11.0 Å². The van der Waals surface area contributed by atoms with Gasteiger partial charge in [-0.25, -0.2) is 14.3 Å². The lowest BCUT2D eigenvalue weighted by molar-refractivity contribution is 0.167. The van der Waals surface area contributed by atoms with E-state index in [1.165, 1.54) is 12.8 Å². The average Bonchev–Trinajstić information content (AvgIpc) is 3.37. The monoisotopic (exact) mass is 381 g/mol. The number of hydrogen-bond acceptors (Lipinski definition) is 3. The summed E-state index contributed by atoms with van der Waals surface area (Å²) in [5.41, 5.74) is 1.00. The third-order valence-electron chi connectivity index (χ3n) is 6.52. The molecule has 7 nitrogen and oxygen atoms in total. The van der Waals surface area contributed by atoms with Gasteiger partial charge in [0.15, 0.2) is 0 Å². The van der Waals surface area contributed by atoms with Gasteiger partial charge in [0, 0.05) is 25.0 Å². The molecule has 148 valence electrons. The molecule has 1 N–H and O–H groups in total. The van der Waals surface area contributed by atoms with E-state index in [0.29, 0.717) is 25.6 Å². The molecule has 2 amide bonds. The van der Waals surface area contributed by atoms with Crippen LogP contribution in [0.5, 0.6) is 0 Å². The van der Waals surface area contributed by atoms with E-state index in [1.54, 1.807) is 9.25 Å². The fourth-order valence-electron chi connectivity index (χ4n) is 5.09. The second-order valence-corrected chi connectivity index (χ2v) is 8.38. The first-order chi connectivity index (χ1) is 13.7. The van der Waals surface area contributed by atoms with E-state index in [4.69, 9.17) is 0 Å². The van der Waals surface area contributed by atoms with Crippen LogP contribution in [-0.2, 0) is 19.5 Å². The Morgan fingerprint density at radius 2 is 1.82 bits per heavy atom. The summed E-state index contributed by atoms with van der Waals surface area (Å²) in [6.07, 6.45) is 7.18. The topological polar surface area (TPSA) is 72.2 Å². The van der Waals surface area contributed by atoms with Crippen molar-refractivity contribution in [3.63, 3.8) is 0 Å². The number of fused-ring (bicyclic) bond motifs is 3. The highest BCUT2D eigenvalue weighted by Gasteiger charge is 2.41. The fraction of sp³-hybridized carbons (Fsp3) is 0.571. The van der Waals surface area contributed by atoms with E-state index < -0.39 is 0 Å². The molecule has 1 aromatic carbocycles. The van der Waals surface area contributed by atoms with Crippen molar-refractivity contribution in [1.82, 2.24) is 24.6 Å². The number of rotatable bonds is 3. The van der Waals surface area contributed by atoms with Crippen molar-refractivity contribution in [2.75, 3.05) is 0 Å². The molecule has 1 saturated heterocycles. The molecule has 1 saturated carbocycles. The second-order valence-electron chi connectivity index (χ2n) is 8.38. The Hall–Kier alpha value is -2.57. The third kappa shape index (κ3) is 3.12. The fourth-order valence-corrected chi connectivity index (χ4v) is 5.09. The SMILES string of the molecule is O=C(NC1CCCC1)N1C2CCC1Cn1c(nn(Cc3ccccc3)c1=O)C2. The largest absolute Gasteiger partial charge is 0.346 e.